The Morgan fingerprint density at radius 1 is 1.50 bits per heavy atom. The van der Waals surface area contributed by atoms with Gasteiger partial charge in [-0.3, -0.25) is 4.79 Å². The van der Waals surface area contributed by atoms with Crippen molar-refractivity contribution in [1.82, 2.24) is 4.90 Å². The van der Waals surface area contributed by atoms with Gasteiger partial charge in [-0.25, -0.2) is 0 Å². The molecule has 0 radical (unpaired) electrons. The lowest BCUT2D eigenvalue weighted by Crippen LogP contribution is -2.31. The SMILES string of the molecule is CCCCN(CCC(N)=O)C(=S)SC. The normalized spacial score (nSPS) is 9.86. The Bertz CT molecular complexity index is 197. The van der Waals surface area contributed by atoms with E-state index in [2.05, 4.69) is 6.92 Å². The number of hydrogen-bond acceptors (Lipinski definition) is 3. The predicted octanol–water partition coefficient (Wildman–Crippen LogP) is 1.61. The molecule has 0 aromatic carbocycles. The molecule has 0 heterocycles. The van der Waals surface area contributed by atoms with E-state index in [4.69, 9.17) is 18.0 Å². The molecule has 0 fully saturated rings. The van der Waals surface area contributed by atoms with Crippen molar-refractivity contribution in [1.29, 1.82) is 0 Å². The summed E-state index contributed by atoms with van der Waals surface area (Å²) in [6.07, 6.45) is 4.56. The van der Waals surface area contributed by atoms with Crippen LogP contribution in [0.2, 0.25) is 0 Å². The summed E-state index contributed by atoms with van der Waals surface area (Å²) in [5.74, 6) is -0.268. The van der Waals surface area contributed by atoms with Crippen LogP contribution in [0, 0.1) is 0 Å². The van der Waals surface area contributed by atoms with Gasteiger partial charge in [0.05, 0.1) is 0 Å². The van der Waals surface area contributed by atoms with Gasteiger partial charge in [0.2, 0.25) is 5.91 Å². The number of nitrogens with zero attached hydrogens (tertiary/aromatic N) is 1. The zero-order valence-corrected chi connectivity index (χ0v) is 10.4. The monoisotopic (exact) mass is 234 g/mol. The molecule has 82 valence electrons. The third kappa shape index (κ3) is 6.21. The van der Waals surface area contributed by atoms with Gasteiger partial charge in [0, 0.05) is 19.5 Å². The summed E-state index contributed by atoms with van der Waals surface area (Å²) in [5, 5.41) is 0. The van der Waals surface area contributed by atoms with Crippen LogP contribution in [0.4, 0.5) is 0 Å². The Balaban J connectivity index is 3.96. The summed E-state index contributed by atoms with van der Waals surface area (Å²) >= 11 is 6.72. The van der Waals surface area contributed by atoms with E-state index in [0.717, 1.165) is 23.7 Å². The number of thioether (sulfide) groups is 1. The number of amides is 1. The lowest BCUT2D eigenvalue weighted by molar-refractivity contribution is -0.118. The van der Waals surface area contributed by atoms with Crippen LogP contribution in [0.1, 0.15) is 26.2 Å². The molecule has 0 aromatic rings. The highest BCUT2D eigenvalue weighted by Gasteiger charge is 2.08. The molecule has 0 saturated heterocycles. The summed E-state index contributed by atoms with van der Waals surface area (Å²) in [6, 6.07) is 0. The quantitative estimate of drug-likeness (QED) is 0.709. The van der Waals surface area contributed by atoms with Gasteiger partial charge in [0.15, 0.2) is 0 Å². The summed E-state index contributed by atoms with van der Waals surface area (Å²) in [6.45, 7) is 3.70. The summed E-state index contributed by atoms with van der Waals surface area (Å²) in [4.78, 5) is 12.7. The Morgan fingerprint density at radius 3 is 2.57 bits per heavy atom. The first kappa shape index (κ1) is 13.7. The van der Waals surface area contributed by atoms with Gasteiger partial charge in [-0.1, -0.05) is 25.6 Å². The van der Waals surface area contributed by atoms with E-state index >= 15 is 0 Å². The van der Waals surface area contributed by atoms with E-state index in [1.54, 1.807) is 11.8 Å². The van der Waals surface area contributed by atoms with Gasteiger partial charge in [-0.15, -0.1) is 11.8 Å². The molecule has 0 rings (SSSR count). The Kier molecular flexibility index (Phi) is 7.89. The topological polar surface area (TPSA) is 46.3 Å². The first-order valence-corrected chi connectivity index (χ1v) is 6.36. The van der Waals surface area contributed by atoms with Crippen LogP contribution in [-0.4, -0.2) is 34.5 Å². The largest absolute Gasteiger partial charge is 0.370 e. The van der Waals surface area contributed by atoms with Gasteiger partial charge in [-0.2, -0.15) is 0 Å². The molecule has 0 atom stereocenters. The Labute approximate surface area is 95.4 Å². The molecule has 0 spiro atoms. The van der Waals surface area contributed by atoms with Crippen LogP contribution < -0.4 is 5.73 Å². The van der Waals surface area contributed by atoms with Crippen LogP contribution in [0.15, 0.2) is 0 Å². The number of thiocarbonyl (C=S) groups is 1. The van der Waals surface area contributed by atoms with Crippen molar-refractivity contribution in [2.24, 2.45) is 5.73 Å². The molecule has 2 N–H and O–H groups in total. The average molecular weight is 234 g/mol. The minimum Gasteiger partial charge on any atom is -0.370 e. The number of unbranched alkanes of at least 4 members (excludes halogenated alkanes) is 1. The number of carbonyl (C=O) groups excluding carboxylic acids is 1. The first-order valence-electron chi connectivity index (χ1n) is 4.73. The van der Waals surface area contributed by atoms with Crippen molar-refractivity contribution in [3.8, 4) is 0 Å². The van der Waals surface area contributed by atoms with E-state index in [1.807, 2.05) is 11.2 Å². The molecule has 0 unspecified atom stereocenters. The maximum atomic E-state index is 10.6. The van der Waals surface area contributed by atoms with Gasteiger partial charge in [-0.05, 0) is 12.7 Å². The van der Waals surface area contributed by atoms with E-state index in [1.165, 1.54) is 0 Å². The van der Waals surface area contributed by atoms with Crippen molar-refractivity contribution in [3.05, 3.63) is 0 Å². The third-order valence-electron chi connectivity index (χ3n) is 1.84. The molecule has 3 nitrogen and oxygen atoms in total. The minimum atomic E-state index is -0.268. The lowest BCUT2D eigenvalue weighted by Gasteiger charge is -2.23. The minimum absolute atomic E-state index is 0.268. The fourth-order valence-electron chi connectivity index (χ4n) is 1.02. The van der Waals surface area contributed by atoms with Crippen molar-refractivity contribution >= 4 is 34.2 Å². The number of nitrogens with two attached hydrogens (primary N) is 1. The van der Waals surface area contributed by atoms with Gasteiger partial charge < -0.3 is 10.6 Å². The van der Waals surface area contributed by atoms with Crippen LogP contribution in [0.25, 0.3) is 0 Å². The van der Waals surface area contributed by atoms with E-state index in [0.29, 0.717) is 13.0 Å². The fourth-order valence-corrected chi connectivity index (χ4v) is 1.64. The van der Waals surface area contributed by atoms with Crippen molar-refractivity contribution in [3.63, 3.8) is 0 Å². The molecule has 0 saturated carbocycles. The molecule has 5 heteroatoms. The smallest absolute Gasteiger partial charge is 0.219 e. The molecule has 0 bridgehead atoms. The highest BCUT2D eigenvalue weighted by molar-refractivity contribution is 8.22. The molecule has 0 aliphatic rings. The van der Waals surface area contributed by atoms with Crippen LogP contribution in [0.5, 0.6) is 0 Å². The van der Waals surface area contributed by atoms with E-state index in [-0.39, 0.29) is 5.91 Å². The van der Waals surface area contributed by atoms with Crippen molar-refractivity contribution in [2.45, 2.75) is 26.2 Å². The lowest BCUT2D eigenvalue weighted by atomic mass is 10.3. The number of rotatable bonds is 6. The van der Waals surface area contributed by atoms with Gasteiger partial charge in [0.25, 0.3) is 0 Å². The zero-order valence-electron chi connectivity index (χ0n) is 8.78. The average Bonchev–Trinajstić information content (AvgIpc) is 2.16. The predicted molar refractivity (Wildman–Crippen MR) is 66.4 cm³/mol. The number of primary amides is 1. The maximum absolute atomic E-state index is 10.6. The summed E-state index contributed by atoms with van der Waals surface area (Å²) in [5.41, 5.74) is 5.10. The van der Waals surface area contributed by atoms with E-state index in [9.17, 15) is 4.79 Å². The third-order valence-corrected chi connectivity index (χ3v) is 3.21. The first-order chi connectivity index (χ1) is 6.61. The van der Waals surface area contributed by atoms with E-state index < -0.39 is 0 Å². The van der Waals surface area contributed by atoms with Crippen molar-refractivity contribution in [2.75, 3.05) is 19.3 Å². The molecule has 14 heavy (non-hydrogen) atoms. The molecule has 1 amide bonds. The molecular weight excluding hydrogens is 216 g/mol. The highest BCUT2D eigenvalue weighted by Crippen LogP contribution is 2.07. The maximum Gasteiger partial charge on any atom is 0.219 e. The Hall–Kier alpha value is -0.290. The molecule has 0 aromatic heterocycles. The van der Waals surface area contributed by atoms with Crippen LogP contribution in [-0.2, 0) is 4.79 Å². The standard InChI is InChI=1S/C9H18N2OS2/c1-3-4-6-11(9(13)14-2)7-5-8(10)12/h3-7H2,1-2H3,(H2,10,12). The van der Waals surface area contributed by atoms with Crippen LogP contribution in [0.3, 0.4) is 0 Å². The second-order valence-electron chi connectivity index (χ2n) is 3.03. The summed E-state index contributed by atoms with van der Waals surface area (Å²) < 4.78 is 0.847. The van der Waals surface area contributed by atoms with Gasteiger partial charge in [0.1, 0.15) is 4.32 Å². The zero-order chi connectivity index (χ0) is 11.0. The number of hydrogen-bond donors (Lipinski definition) is 1. The number of carbonyl (C=O) groups is 1. The second-order valence-corrected chi connectivity index (χ2v) is 4.47. The summed E-state index contributed by atoms with van der Waals surface area (Å²) in [7, 11) is 0. The van der Waals surface area contributed by atoms with Gasteiger partial charge >= 0.3 is 0 Å². The Morgan fingerprint density at radius 2 is 2.14 bits per heavy atom. The van der Waals surface area contributed by atoms with Crippen molar-refractivity contribution < 1.29 is 4.79 Å². The molecule has 0 aliphatic heterocycles. The highest BCUT2D eigenvalue weighted by atomic mass is 32.2. The molecular formula is C9H18N2OS2. The molecule has 0 aliphatic carbocycles. The second kappa shape index (κ2) is 8.05. The van der Waals surface area contributed by atoms with Crippen LogP contribution >= 0.6 is 24.0 Å². The fraction of sp³-hybridized carbons (Fsp3) is 0.778.